The summed E-state index contributed by atoms with van der Waals surface area (Å²) in [6, 6.07) is 9.45. The van der Waals surface area contributed by atoms with Gasteiger partial charge >= 0.3 is 0 Å². The van der Waals surface area contributed by atoms with Gasteiger partial charge in [-0.3, -0.25) is 4.79 Å². The summed E-state index contributed by atoms with van der Waals surface area (Å²) in [6.07, 6.45) is 4.09. The highest BCUT2D eigenvalue weighted by molar-refractivity contribution is 5.78. The van der Waals surface area contributed by atoms with Gasteiger partial charge in [-0.1, -0.05) is 12.1 Å². The molecule has 2 rings (SSSR count). The zero-order valence-electron chi connectivity index (χ0n) is 10.3. The van der Waals surface area contributed by atoms with E-state index in [0.29, 0.717) is 13.0 Å². The molecule has 0 aliphatic carbocycles. The number of amides is 1. The summed E-state index contributed by atoms with van der Waals surface area (Å²) < 4.78 is 5.07. The first-order chi connectivity index (χ1) is 8.78. The second-order valence-corrected chi connectivity index (χ2v) is 4.02. The van der Waals surface area contributed by atoms with Crippen LogP contribution in [0.25, 0.3) is 0 Å². The number of nitrogens with one attached hydrogen (secondary N) is 2. The molecule has 4 heteroatoms. The maximum atomic E-state index is 11.7. The predicted octanol–water partition coefficient (Wildman–Crippen LogP) is 1.88. The van der Waals surface area contributed by atoms with E-state index in [4.69, 9.17) is 4.74 Å². The summed E-state index contributed by atoms with van der Waals surface area (Å²) in [4.78, 5) is 14.7. The molecule has 1 aromatic heterocycles. The Balaban J connectivity index is 1.83. The summed E-state index contributed by atoms with van der Waals surface area (Å²) >= 11 is 0. The number of carbonyl (C=O) groups excluding carboxylic acids is 1. The molecular weight excluding hydrogens is 228 g/mol. The number of aromatic nitrogens is 1. The van der Waals surface area contributed by atoms with E-state index in [2.05, 4.69) is 10.3 Å². The SMILES string of the molecule is COc1ccc(CC(=O)NCc2cc[nH]c2)cc1. The molecule has 0 bridgehead atoms. The highest BCUT2D eigenvalue weighted by atomic mass is 16.5. The van der Waals surface area contributed by atoms with Gasteiger partial charge in [0, 0.05) is 18.9 Å². The minimum Gasteiger partial charge on any atom is -0.497 e. The zero-order chi connectivity index (χ0) is 12.8. The van der Waals surface area contributed by atoms with Crippen molar-refractivity contribution in [1.82, 2.24) is 10.3 Å². The molecule has 0 aliphatic heterocycles. The molecule has 0 saturated heterocycles. The molecule has 0 atom stereocenters. The average Bonchev–Trinajstić information content (AvgIpc) is 2.90. The topological polar surface area (TPSA) is 54.1 Å². The highest BCUT2D eigenvalue weighted by Crippen LogP contribution is 2.11. The number of hydrogen-bond acceptors (Lipinski definition) is 2. The third-order valence-electron chi connectivity index (χ3n) is 2.68. The first-order valence-electron chi connectivity index (χ1n) is 5.79. The number of rotatable bonds is 5. The smallest absolute Gasteiger partial charge is 0.224 e. The predicted molar refractivity (Wildman–Crippen MR) is 69.3 cm³/mol. The van der Waals surface area contributed by atoms with Crippen molar-refractivity contribution in [3.63, 3.8) is 0 Å². The summed E-state index contributed by atoms with van der Waals surface area (Å²) in [5.74, 6) is 0.813. The van der Waals surface area contributed by atoms with Crippen LogP contribution in [-0.4, -0.2) is 18.0 Å². The van der Waals surface area contributed by atoms with Crippen LogP contribution in [0.2, 0.25) is 0 Å². The van der Waals surface area contributed by atoms with Crippen LogP contribution >= 0.6 is 0 Å². The van der Waals surface area contributed by atoms with Gasteiger partial charge in [0.05, 0.1) is 13.5 Å². The van der Waals surface area contributed by atoms with Crippen molar-refractivity contribution in [2.45, 2.75) is 13.0 Å². The lowest BCUT2D eigenvalue weighted by Gasteiger charge is -2.05. The Hall–Kier alpha value is -2.23. The molecule has 18 heavy (non-hydrogen) atoms. The van der Waals surface area contributed by atoms with Crippen molar-refractivity contribution in [3.8, 4) is 5.75 Å². The Morgan fingerprint density at radius 1 is 1.22 bits per heavy atom. The van der Waals surface area contributed by atoms with Gasteiger partial charge in [-0.15, -0.1) is 0 Å². The van der Waals surface area contributed by atoms with Crippen molar-refractivity contribution >= 4 is 5.91 Å². The van der Waals surface area contributed by atoms with Crippen LogP contribution in [0.1, 0.15) is 11.1 Å². The van der Waals surface area contributed by atoms with Crippen LogP contribution in [0.5, 0.6) is 5.75 Å². The maximum Gasteiger partial charge on any atom is 0.224 e. The summed E-state index contributed by atoms with van der Waals surface area (Å²) in [5.41, 5.74) is 2.04. The Labute approximate surface area is 106 Å². The molecule has 4 nitrogen and oxygen atoms in total. The maximum absolute atomic E-state index is 11.7. The largest absolute Gasteiger partial charge is 0.497 e. The van der Waals surface area contributed by atoms with E-state index in [-0.39, 0.29) is 5.91 Å². The summed E-state index contributed by atoms with van der Waals surface area (Å²) in [5, 5.41) is 2.87. The van der Waals surface area contributed by atoms with Crippen molar-refractivity contribution in [3.05, 3.63) is 53.9 Å². The lowest BCUT2D eigenvalue weighted by atomic mass is 10.1. The Bertz CT molecular complexity index is 489. The van der Waals surface area contributed by atoms with Crippen LogP contribution in [0, 0.1) is 0 Å². The highest BCUT2D eigenvalue weighted by Gasteiger charge is 2.03. The second-order valence-electron chi connectivity index (χ2n) is 4.02. The van der Waals surface area contributed by atoms with Gasteiger partial charge in [-0.05, 0) is 29.3 Å². The molecule has 0 radical (unpaired) electrons. The Kier molecular flexibility index (Phi) is 4.02. The zero-order valence-corrected chi connectivity index (χ0v) is 10.3. The van der Waals surface area contributed by atoms with E-state index in [1.165, 1.54) is 0 Å². The molecule has 0 aliphatic rings. The van der Waals surface area contributed by atoms with Crippen molar-refractivity contribution in [2.75, 3.05) is 7.11 Å². The van der Waals surface area contributed by atoms with Gasteiger partial charge in [-0.2, -0.15) is 0 Å². The van der Waals surface area contributed by atoms with Gasteiger partial charge in [0.1, 0.15) is 5.75 Å². The third kappa shape index (κ3) is 3.38. The van der Waals surface area contributed by atoms with Gasteiger partial charge in [-0.25, -0.2) is 0 Å². The standard InChI is InChI=1S/C14H16N2O2/c1-18-13-4-2-11(3-5-13)8-14(17)16-10-12-6-7-15-9-12/h2-7,9,15H,8,10H2,1H3,(H,16,17). The first-order valence-corrected chi connectivity index (χ1v) is 5.79. The van der Waals surface area contributed by atoms with Crippen LogP contribution in [0.3, 0.4) is 0 Å². The van der Waals surface area contributed by atoms with E-state index >= 15 is 0 Å². The molecule has 0 spiro atoms. The number of ether oxygens (including phenoxy) is 1. The molecule has 0 unspecified atom stereocenters. The molecule has 2 aromatic rings. The van der Waals surface area contributed by atoms with Crippen molar-refractivity contribution in [2.24, 2.45) is 0 Å². The van der Waals surface area contributed by atoms with Crippen molar-refractivity contribution in [1.29, 1.82) is 0 Å². The number of hydrogen-bond donors (Lipinski definition) is 2. The van der Waals surface area contributed by atoms with Gasteiger partial charge in [0.2, 0.25) is 5.91 Å². The minimum atomic E-state index is 0.0152. The van der Waals surface area contributed by atoms with Crippen LogP contribution in [0.4, 0.5) is 0 Å². The molecule has 94 valence electrons. The number of benzene rings is 1. The molecule has 1 amide bonds. The number of methoxy groups -OCH3 is 1. The fourth-order valence-electron chi connectivity index (χ4n) is 1.66. The quantitative estimate of drug-likeness (QED) is 0.843. The van der Waals surface area contributed by atoms with E-state index in [1.807, 2.05) is 42.7 Å². The monoisotopic (exact) mass is 244 g/mol. The lowest BCUT2D eigenvalue weighted by molar-refractivity contribution is -0.120. The second kappa shape index (κ2) is 5.91. The number of carbonyl (C=O) groups is 1. The number of aromatic amines is 1. The summed E-state index contributed by atoms with van der Waals surface area (Å²) in [6.45, 7) is 0.554. The van der Waals surface area contributed by atoms with E-state index in [1.54, 1.807) is 7.11 Å². The molecule has 2 N–H and O–H groups in total. The molecular formula is C14H16N2O2. The molecule has 1 aromatic carbocycles. The van der Waals surface area contributed by atoms with E-state index < -0.39 is 0 Å². The van der Waals surface area contributed by atoms with Crippen molar-refractivity contribution < 1.29 is 9.53 Å². The third-order valence-corrected chi connectivity index (χ3v) is 2.68. The number of H-pyrrole nitrogens is 1. The van der Waals surface area contributed by atoms with Gasteiger partial charge in [0.25, 0.3) is 0 Å². The average molecular weight is 244 g/mol. The van der Waals surface area contributed by atoms with Crippen LogP contribution in [-0.2, 0) is 17.8 Å². The van der Waals surface area contributed by atoms with Gasteiger partial charge < -0.3 is 15.0 Å². The lowest BCUT2D eigenvalue weighted by Crippen LogP contribution is -2.24. The molecule has 1 heterocycles. The molecule has 0 fully saturated rings. The first kappa shape index (κ1) is 12.2. The van der Waals surface area contributed by atoms with E-state index in [0.717, 1.165) is 16.9 Å². The Morgan fingerprint density at radius 2 is 2.00 bits per heavy atom. The van der Waals surface area contributed by atoms with Crippen LogP contribution in [0.15, 0.2) is 42.7 Å². The fraction of sp³-hybridized carbons (Fsp3) is 0.214. The van der Waals surface area contributed by atoms with Crippen LogP contribution < -0.4 is 10.1 Å². The van der Waals surface area contributed by atoms with E-state index in [9.17, 15) is 4.79 Å². The fourth-order valence-corrected chi connectivity index (χ4v) is 1.66. The minimum absolute atomic E-state index is 0.0152. The van der Waals surface area contributed by atoms with Gasteiger partial charge in [0.15, 0.2) is 0 Å². The summed E-state index contributed by atoms with van der Waals surface area (Å²) in [7, 11) is 1.62. The normalized spacial score (nSPS) is 10.1. The molecule has 0 saturated carbocycles. The Morgan fingerprint density at radius 3 is 2.61 bits per heavy atom.